The Hall–Kier alpha value is -2.95. The van der Waals surface area contributed by atoms with Crippen molar-refractivity contribution in [2.75, 3.05) is 5.73 Å². The number of halogens is 1. The van der Waals surface area contributed by atoms with Crippen molar-refractivity contribution in [3.8, 4) is 11.1 Å². The lowest BCUT2D eigenvalue weighted by molar-refractivity contribution is 0.631. The maximum absolute atomic E-state index is 13.9. The highest BCUT2D eigenvalue weighted by molar-refractivity contribution is 5.82. The maximum atomic E-state index is 13.9. The Morgan fingerprint density at radius 3 is 2.73 bits per heavy atom. The van der Waals surface area contributed by atoms with Crippen LogP contribution in [0.1, 0.15) is 11.3 Å². The van der Waals surface area contributed by atoms with Crippen LogP contribution in [-0.2, 0) is 0 Å². The summed E-state index contributed by atoms with van der Waals surface area (Å²) in [5.74, 6) is 0.0880. The van der Waals surface area contributed by atoms with Crippen LogP contribution < -0.4 is 5.73 Å². The van der Waals surface area contributed by atoms with Gasteiger partial charge in [-0.2, -0.15) is 5.10 Å². The maximum Gasteiger partial charge on any atom is 0.221 e. The molecule has 2 aromatic carbocycles. The Morgan fingerprint density at radius 1 is 1.18 bits per heavy atom. The van der Waals surface area contributed by atoms with Crippen LogP contribution in [0.15, 0.2) is 59.8 Å². The third-order valence-electron chi connectivity index (χ3n) is 3.24. The molecule has 0 atom stereocenters. The van der Waals surface area contributed by atoms with E-state index in [1.54, 1.807) is 24.5 Å². The van der Waals surface area contributed by atoms with E-state index in [1.807, 2.05) is 37.3 Å². The van der Waals surface area contributed by atoms with E-state index in [-0.39, 0.29) is 5.82 Å². The predicted octanol–water partition coefficient (Wildman–Crippen LogP) is 3.46. The SMILES string of the molecule is Cc1cn(N=Cc2cccc(-c3ccccc3F)c2)c(N)n1. The van der Waals surface area contributed by atoms with Crippen LogP contribution >= 0.6 is 0 Å². The number of imidazole rings is 1. The number of hydrogen-bond acceptors (Lipinski definition) is 3. The van der Waals surface area contributed by atoms with Crippen LogP contribution in [0.25, 0.3) is 11.1 Å². The highest BCUT2D eigenvalue weighted by Crippen LogP contribution is 2.22. The van der Waals surface area contributed by atoms with Gasteiger partial charge in [-0.25, -0.2) is 14.1 Å². The number of aromatic nitrogens is 2. The smallest absolute Gasteiger partial charge is 0.221 e. The molecule has 1 aromatic heterocycles. The van der Waals surface area contributed by atoms with Gasteiger partial charge in [0.25, 0.3) is 0 Å². The van der Waals surface area contributed by atoms with Crippen LogP contribution in [-0.4, -0.2) is 15.9 Å². The van der Waals surface area contributed by atoms with Gasteiger partial charge in [0.2, 0.25) is 5.95 Å². The molecule has 0 bridgehead atoms. The van der Waals surface area contributed by atoms with Crippen LogP contribution in [0.4, 0.5) is 10.3 Å². The lowest BCUT2D eigenvalue weighted by Gasteiger charge is -2.04. The second kappa shape index (κ2) is 5.81. The Labute approximate surface area is 127 Å². The molecule has 2 N–H and O–H groups in total. The lowest BCUT2D eigenvalue weighted by atomic mass is 10.0. The molecule has 3 aromatic rings. The summed E-state index contributed by atoms with van der Waals surface area (Å²) < 4.78 is 15.4. The van der Waals surface area contributed by atoms with Crippen LogP contribution in [0, 0.1) is 12.7 Å². The molecule has 0 saturated heterocycles. The normalized spacial score (nSPS) is 11.2. The Balaban J connectivity index is 1.92. The van der Waals surface area contributed by atoms with Crippen molar-refractivity contribution in [2.24, 2.45) is 5.10 Å². The number of nitrogens with zero attached hydrogens (tertiary/aromatic N) is 3. The lowest BCUT2D eigenvalue weighted by Crippen LogP contribution is -1.97. The summed E-state index contributed by atoms with van der Waals surface area (Å²) >= 11 is 0. The number of rotatable bonds is 3. The van der Waals surface area contributed by atoms with Gasteiger partial charge in [-0.15, -0.1) is 0 Å². The Bertz CT molecular complexity index is 836. The van der Waals surface area contributed by atoms with Crippen molar-refractivity contribution >= 4 is 12.2 Å². The first-order chi connectivity index (χ1) is 10.6. The number of benzene rings is 2. The fraction of sp³-hybridized carbons (Fsp3) is 0.0588. The van der Waals surface area contributed by atoms with Gasteiger partial charge < -0.3 is 5.73 Å². The molecular formula is C17H15FN4. The third-order valence-corrected chi connectivity index (χ3v) is 3.24. The van der Waals surface area contributed by atoms with Crippen molar-refractivity contribution in [3.05, 3.63) is 71.8 Å². The minimum atomic E-state index is -0.244. The molecule has 0 spiro atoms. The van der Waals surface area contributed by atoms with Gasteiger partial charge in [-0.1, -0.05) is 36.4 Å². The molecule has 0 aliphatic carbocycles. The van der Waals surface area contributed by atoms with Gasteiger partial charge in [-0.3, -0.25) is 0 Å². The number of nitrogens with two attached hydrogens (primary N) is 1. The first kappa shape index (κ1) is 14.0. The molecule has 0 aliphatic heterocycles. The van der Waals surface area contributed by atoms with Crippen molar-refractivity contribution in [1.29, 1.82) is 0 Å². The minimum absolute atomic E-state index is 0.244. The van der Waals surface area contributed by atoms with Crippen molar-refractivity contribution in [3.63, 3.8) is 0 Å². The van der Waals surface area contributed by atoms with Crippen LogP contribution in [0.2, 0.25) is 0 Å². The fourth-order valence-electron chi connectivity index (χ4n) is 2.21. The molecule has 3 rings (SSSR count). The molecule has 110 valence electrons. The van der Waals surface area contributed by atoms with Crippen molar-refractivity contribution in [1.82, 2.24) is 9.66 Å². The quantitative estimate of drug-likeness (QED) is 0.752. The van der Waals surface area contributed by atoms with Gasteiger partial charge in [0.15, 0.2) is 0 Å². The van der Waals surface area contributed by atoms with Gasteiger partial charge >= 0.3 is 0 Å². The summed E-state index contributed by atoms with van der Waals surface area (Å²) in [6, 6.07) is 14.2. The largest absolute Gasteiger partial charge is 0.368 e. The molecule has 0 amide bonds. The molecule has 5 heteroatoms. The third kappa shape index (κ3) is 2.88. The van der Waals surface area contributed by atoms with Gasteiger partial charge in [0.1, 0.15) is 5.82 Å². The molecular weight excluding hydrogens is 279 g/mol. The van der Waals surface area contributed by atoms with Crippen LogP contribution in [0.5, 0.6) is 0 Å². The zero-order valence-electron chi connectivity index (χ0n) is 12.1. The van der Waals surface area contributed by atoms with E-state index in [4.69, 9.17) is 5.73 Å². The van der Waals surface area contributed by atoms with E-state index in [2.05, 4.69) is 10.1 Å². The van der Waals surface area contributed by atoms with Crippen LogP contribution in [0.3, 0.4) is 0 Å². The predicted molar refractivity (Wildman–Crippen MR) is 86.2 cm³/mol. The Morgan fingerprint density at radius 2 is 2.00 bits per heavy atom. The summed E-state index contributed by atoms with van der Waals surface area (Å²) in [6.45, 7) is 1.85. The highest BCUT2D eigenvalue weighted by atomic mass is 19.1. The van der Waals surface area contributed by atoms with E-state index in [0.29, 0.717) is 11.5 Å². The first-order valence-corrected chi connectivity index (χ1v) is 6.84. The molecule has 0 saturated carbocycles. The van der Waals surface area contributed by atoms with E-state index in [0.717, 1.165) is 16.8 Å². The average Bonchev–Trinajstić information content (AvgIpc) is 2.84. The molecule has 1 heterocycles. The number of anilines is 1. The van der Waals surface area contributed by atoms with E-state index < -0.39 is 0 Å². The van der Waals surface area contributed by atoms with Gasteiger partial charge in [0.05, 0.1) is 18.1 Å². The number of hydrogen-bond donors (Lipinski definition) is 1. The zero-order valence-corrected chi connectivity index (χ0v) is 12.1. The minimum Gasteiger partial charge on any atom is -0.368 e. The summed E-state index contributed by atoms with van der Waals surface area (Å²) in [5.41, 5.74) is 8.76. The molecule has 0 fully saturated rings. The molecule has 4 nitrogen and oxygen atoms in total. The van der Waals surface area contributed by atoms with E-state index >= 15 is 0 Å². The van der Waals surface area contributed by atoms with Gasteiger partial charge in [0, 0.05) is 5.56 Å². The van der Waals surface area contributed by atoms with Crippen molar-refractivity contribution < 1.29 is 4.39 Å². The average molecular weight is 294 g/mol. The zero-order chi connectivity index (χ0) is 15.5. The topological polar surface area (TPSA) is 56.2 Å². The molecule has 22 heavy (non-hydrogen) atoms. The first-order valence-electron chi connectivity index (χ1n) is 6.84. The van der Waals surface area contributed by atoms with Crippen molar-refractivity contribution in [2.45, 2.75) is 6.92 Å². The molecule has 0 radical (unpaired) electrons. The number of aryl methyl sites for hydroxylation is 1. The second-order valence-electron chi connectivity index (χ2n) is 4.93. The summed E-state index contributed by atoms with van der Waals surface area (Å²) in [6.07, 6.45) is 3.41. The monoisotopic (exact) mass is 294 g/mol. The Kier molecular flexibility index (Phi) is 3.70. The standard InChI is InChI=1S/C17H15FN4/c1-12-11-22(17(19)21-12)20-10-13-5-4-6-14(9-13)15-7-2-3-8-16(15)18/h2-11H,1H3,(H2,19,21). The summed E-state index contributed by atoms with van der Waals surface area (Å²) in [7, 11) is 0. The van der Waals surface area contributed by atoms with E-state index in [9.17, 15) is 4.39 Å². The molecule has 0 aliphatic rings. The van der Waals surface area contributed by atoms with Gasteiger partial charge in [-0.05, 0) is 30.2 Å². The highest BCUT2D eigenvalue weighted by Gasteiger charge is 2.04. The summed E-state index contributed by atoms with van der Waals surface area (Å²) in [4.78, 5) is 4.08. The number of nitrogen functional groups attached to an aromatic ring is 1. The van der Waals surface area contributed by atoms with E-state index in [1.165, 1.54) is 10.7 Å². The summed E-state index contributed by atoms with van der Waals surface area (Å²) in [5, 5.41) is 4.26. The fourth-order valence-corrected chi connectivity index (χ4v) is 2.21. The second-order valence-corrected chi connectivity index (χ2v) is 4.93. The molecule has 0 unspecified atom stereocenters.